The number of carbonyl (C=O) groups is 2. The maximum absolute atomic E-state index is 12.6. The highest BCUT2D eigenvalue weighted by Gasteiger charge is 2.27. The molecular formula is C18H23N3O3S. The monoisotopic (exact) mass is 361 g/mol. The quantitative estimate of drug-likeness (QED) is 0.668. The molecular weight excluding hydrogens is 338 g/mol. The van der Waals surface area contributed by atoms with E-state index in [2.05, 4.69) is 10.4 Å². The number of ether oxygens (including phenoxy) is 1. The van der Waals surface area contributed by atoms with E-state index in [1.165, 1.54) is 22.6 Å². The van der Waals surface area contributed by atoms with Gasteiger partial charge in [0, 0.05) is 17.6 Å². The van der Waals surface area contributed by atoms with Gasteiger partial charge in [-0.1, -0.05) is 6.42 Å². The van der Waals surface area contributed by atoms with Crippen LogP contribution in [0.5, 0.6) is 0 Å². The molecule has 0 spiro atoms. The lowest BCUT2D eigenvalue weighted by Crippen LogP contribution is -2.16. The molecule has 134 valence electrons. The fourth-order valence-electron chi connectivity index (χ4n) is 3.09. The Kier molecular flexibility index (Phi) is 5.22. The molecule has 1 aliphatic rings. The molecule has 0 aliphatic heterocycles. The van der Waals surface area contributed by atoms with Crippen molar-refractivity contribution in [3.05, 3.63) is 33.5 Å². The van der Waals surface area contributed by atoms with E-state index < -0.39 is 0 Å². The number of rotatable bonds is 4. The summed E-state index contributed by atoms with van der Waals surface area (Å²) < 4.78 is 6.90. The van der Waals surface area contributed by atoms with E-state index in [-0.39, 0.29) is 11.9 Å². The molecule has 2 aromatic heterocycles. The number of anilines is 1. The van der Waals surface area contributed by atoms with Gasteiger partial charge in [0.1, 0.15) is 5.00 Å². The third-order valence-electron chi connectivity index (χ3n) is 4.47. The largest absolute Gasteiger partial charge is 0.462 e. The minimum absolute atomic E-state index is 0.300. The number of nitrogens with zero attached hydrogens (tertiary/aromatic N) is 2. The summed E-state index contributed by atoms with van der Waals surface area (Å²) in [6.45, 7) is 4.00. The van der Waals surface area contributed by atoms with Crippen molar-refractivity contribution in [3.63, 3.8) is 0 Å². The van der Waals surface area contributed by atoms with Crippen LogP contribution in [0.2, 0.25) is 0 Å². The highest BCUT2D eigenvalue weighted by Crippen LogP contribution is 2.38. The Morgan fingerprint density at radius 1 is 1.32 bits per heavy atom. The second-order valence-corrected chi connectivity index (χ2v) is 7.34. The van der Waals surface area contributed by atoms with Gasteiger partial charge >= 0.3 is 5.97 Å². The molecule has 0 saturated heterocycles. The van der Waals surface area contributed by atoms with Gasteiger partial charge < -0.3 is 10.1 Å². The SMILES string of the molecule is CCOC(=O)c1c(NC(=O)c2cc(C)n(C)n2)sc2c1CCCCC2. The van der Waals surface area contributed by atoms with Gasteiger partial charge in [0.05, 0.1) is 12.2 Å². The molecule has 0 atom stereocenters. The molecule has 6 nitrogen and oxygen atoms in total. The van der Waals surface area contributed by atoms with E-state index in [4.69, 9.17) is 4.74 Å². The highest BCUT2D eigenvalue weighted by molar-refractivity contribution is 7.17. The lowest BCUT2D eigenvalue weighted by Gasteiger charge is -2.07. The van der Waals surface area contributed by atoms with E-state index in [9.17, 15) is 9.59 Å². The Labute approximate surface area is 151 Å². The van der Waals surface area contributed by atoms with Gasteiger partial charge in [-0.25, -0.2) is 4.79 Å². The fraction of sp³-hybridized carbons (Fsp3) is 0.500. The van der Waals surface area contributed by atoms with Crippen molar-refractivity contribution in [1.29, 1.82) is 0 Å². The van der Waals surface area contributed by atoms with Crippen molar-refractivity contribution in [2.75, 3.05) is 11.9 Å². The van der Waals surface area contributed by atoms with Crippen LogP contribution in [0.4, 0.5) is 5.00 Å². The number of aryl methyl sites for hydroxylation is 3. The number of hydrogen-bond acceptors (Lipinski definition) is 5. The van der Waals surface area contributed by atoms with Crippen molar-refractivity contribution < 1.29 is 14.3 Å². The van der Waals surface area contributed by atoms with Crippen molar-refractivity contribution in [2.45, 2.75) is 46.0 Å². The summed E-state index contributed by atoms with van der Waals surface area (Å²) in [5, 5.41) is 7.68. The van der Waals surface area contributed by atoms with Crippen LogP contribution in [-0.2, 0) is 24.6 Å². The maximum Gasteiger partial charge on any atom is 0.341 e. The fourth-order valence-corrected chi connectivity index (χ4v) is 4.36. The summed E-state index contributed by atoms with van der Waals surface area (Å²) >= 11 is 1.50. The van der Waals surface area contributed by atoms with Gasteiger partial charge in [0.25, 0.3) is 5.91 Å². The van der Waals surface area contributed by atoms with Crippen molar-refractivity contribution in [3.8, 4) is 0 Å². The topological polar surface area (TPSA) is 73.2 Å². The highest BCUT2D eigenvalue weighted by atomic mass is 32.1. The second-order valence-electron chi connectivity index (χ2n) is 6.24. The van der Waals surface area contributed by atoms with Gasteiger partial charge in [-0.3, -0.25) is 9.48 Å². The average molecular weight is 361 g/mol. The molecule has 1 amide bonds. The molecule has 2 heterocycles. The standard InChI is InChI=1S/C18H23N3O3S/c1-4-24-18(23)15-12-8-6-5-7-9-14(12)25-17(15)19-16(22)13-10-11(2)21(3)20-13/h10H,4-9H2,1-3H3,(H,19,22). The third kappa shape index (κ3) is 3.61. The molecule has 0 fully saturated rings. The molecule has 0 radical (unpaired) electrons. The normalized spacial score (nSPS) is 13.9. The zero-order valence-electron chi connectivity index (χ0n) is 14.8. The van der Waals surface area contributed by atoms with E-state index in [1.54, 1.807) is 24.7 Å². The first-order valence-corrected chi connectivity index (χ1v) is 9.46. The maximum atomic E-state index is 12.6. The molecule has 0 bridgehead atoms. The lowest BCUT2D eigenvalue weighted by molar-refractivity contribution is 0.0527. The molecule has 3 rings (SSSR count). The summed E-state index contributed by atoms with van der Waals surface area (Å²) in [5.41, 5.74) is 2.83. The molecule has 1 N–H and O–H groups in total. The van der Waals surface area contributed by atoms with Crippen LogP contribution < -0.4 is 5.32 Å². The summed E-state index contributed by atoms with van der Waals surface area (Å²) in [6, 6.07) is 1.73. The molecule has 0 aromatic carbocycles. The van der Waals surface area contributed by atoms with Crippen LogP contribution in [0.3, 0.4) is 0 Å². The number of amides is 1. The van der Waals surface area contributed by atoms with Crippen molar-refractivity contribution in [1.82, 2.24) is 9.78 Å². The van der Waals surface area contributed by atoms with Crippen molar-refractivity contribution in [2.24, 2.45) is 7.05 Å². The first kappa shape index (κ1) is 17.7. The van der Waals surface area contributed by atoms with E-state index in [0.29, 0.717) is 22.9 Å². The van der Waals surface area contributed by atoms with Crippen LogP contribution in [0.25, 0.3) is 0 Å². The van der Waals surface area contributed by atoms with E-state index in [1.807, 2.05) is 6.92 Å². The lowest BCUT2D eigenvalue weighted by atomic mass is 10.1. The molecule has 2 aromatic rings. The van der Waals surface area contributed by atoms with Crippen LogP contribution in [0.15, 0.2) is 6.07 Å². The van der Waals surface area contributed by atoms with Crippen LogP contribution in [0.1, 0.15) is 63.2 Å². The number of thiophene rings is 1. The second kappa shape index (κ2) is 7.39. The predicted octanol–water partition coefficient (Wildman–Crippen LogP) is 3.49. The summed E-state index contributed by atoms with van der Waals surface area (Å²) in [4.78, 5) is 26.2. The Balaban J connectivity index is 1.94. The summed E-state index contributed by atoms with van der Waals surface area (Å²) in [7, 11) is 1.80. The number of fused-ring (bicyclic) bond motifs is 1. The number of nitrogens with one attached hydrogen (secondary N) is 1. The Hall–Kier alpha value is -2.15. The van der Waals surface area contributed by atoms with Gasteiger partial charge in [-0.15, -0.1) is 11.3 Å². The summed E-state index contributed by atoms with van der Waals surface area (Å²) in [6.07, 6.45) is 5.15. The Morgan fingerprint density at radius 2 is 2.08 bits per heavy atom. The van der Waals surface area contributed by atoms with Crippen molar-refractivity contribution >= 4 is 28.2 Å². The van der Waals surface area contributed by atoms with Crippen LogP contribution >= 0.6 is 11.3 Å². The van der Waals surface area contributed by atoms with Gasteiger partial charge in [0.15, 0.2) is 5.69 Å². The zero-order valence-corrected chi connectivity index (χ0v) is 15.7. The van der Waals surface area contributed by atoms with Gasteiger partial charge in [0.2, 0.25) is 0 Å². The first-order chi connectivity index (χ1) is 12.0. The Bertz CT molecular complexity index is 787. The minimum Gasteiger partial charge on any atom is -0.462 e. The van der Waals surface area contributed by atoms with Gasteiger partial charge in [-0.2, -0.15) is 5.10 Å². The van der Waals surface area contributed by atoms with E-state index >= 15 is 0 Å². The molecule has 7 heteroatoms. The van der Waals surface area contributed by atoms with E-state index in [0.717, 1.165) is 36.9 Å². The van der Waals surface area contributed by atoms with Crippen LogP contribution in [-0.4, -0.2) is 28.3 Å². The zero-order chi connectivity index (χ0) is 18.0. The molecule has 0 unspecified atom stereocenters. The van der Waals surface area contributed by atoms with Crippen LogP contribution in [0, 0.1) is 6.92 Å². The summed E-state index contributed by atoms with van der Waals surface area (Å²) in [5.74, 6) is -0.653. The Morgan fingerprint density at radius 3 is 2.76 bits per heavy atom. The molecule has 25 heavy (non-hydrogen) atoms. The average Bonchev–Trinajstić information content (AvgIpc) is 2.98. The third-order valence-corrected chi connectivity index (χ3v) is 5.68. The number of esters is 1. The number of carbonyl (C=O) groups excluding carboxylic acids is 2. The van der Waals surface area contributed by atoms with Gasteiger partial charge in [-0.05, 0) is 51.2 Å². The number of hydrogen-bond donors (Lipinski definition) is 1. The first-order valence-electron chi connectivity index (χ1n) is 8.65. The minimum atomic E-state index is -0.352. The molecule has 1 aliphatic carbocycles. The smallest absolute Gasteiger partial charge is 0.341 e. The number of aromatic nitrogens is 2. The predicted molar refractivity (Wildman–Crippen MR) is 97.4 cm³/mol. The molecule has 0 saturated carbocycles.